The molecular weight excluding hydrogens is 360 g/mol. The van der Waals surface area contributed by atoms with Crippen molar-refractivity contribution in [2.45, 2.75) is 27.3 Å². The van der Waals surface area contributed by atoms with Crippen LogP contribution in [-0.4, -0.2) is 33.8 Å². The minimum atomic E-state index is -0.516. The molecule has 1 heterocycles. The Balaban J connectivity index is 2.43. The Kier molecular flexibility index (Phi) is 7.22. The molecule has 8 heteroatoms. The molecule has 1 aromatic carbocycles. The fourth-order valence-corrected chi connectivity index (χ4v) is 2.62. The van der Waals surface area contributed by atoms with Crippen LogP contribution < -0.4 is 10.1 Å². The molecule has 0 atom stereocenters. The lowest BCUT2D eigenvalue weighted by molar-refractivity contribution is -0.386. The average molecular weight is 384 g/mol. The van der Waals surface area contributed by atoms with Gasteiger partial charge in [0, 0.05) is 30.1 Å². The first-order chi connectivity index (χ1) is 13.4. The molecule has 0 spiro atoms. The first kappa shape index (κ1) is 21.0. The zero-order valence-corrected chi connectivity index (χ0v) is 16.3. The highest BCUT2D eigenvalue weighted by Crippen LogP contribution is 2.33. The maximum atomic E-state index is 11.6. The van der Waals surface area contributed by atoms with Crippen LogP contribution in [0.2, 0.25) is 0 Å². The summed E-state index contributed by atoms with van der Waals surface area (Å²) in [5, 5.41) is 14.1. The number of aryl methyl sites for hydroxylation is 1. The minimum Gasteiger partial charge on any atom is -0.433 e. The Morgan fingerprint density at radius 1 is 1.36 bits per heavy atom. The molecule has 0 unspecified atom stereocenters. The van der Waals surface area contributed by atoms with E-state index in [9.17, 15) is 14.9 Å². The lowest BCUT2D eigenvalue weighted by Crippen LogP contribution is -2.22. The second-order valence-electron chi connectivity index (χ2n) is 6.17. The molecule has 8 nitrogen and oxygen atoms in total. The number of anilines is 1. The Bertz CT molecular complexity index is 879. The van der Waals surface area contributed by atoms with Crippen LogP contribution in [0.4, 0.5) is 11.4 Å². The van der Waals surface area contributed by atoms with E-state index in [1.807, 2.05) is 13.8 Å². The Morgan fingerprint density at radius 2 is 2.07 bits per heavy atom. The van der Waals surface area contributed by atoms with E-state index in [1.54, 1.807) is 25.1 Å². The summed E-state index contributed by atoms with van der Waals surface area (Å²) in [6.07, 6.45) is 2.71. The molecule has 0 saturated heterocycles. The van der Waals surface area contributed by atoms with Gasteiger partial charge in [-0.3, -0.25) is 19.8 Å². The van der Waals surface area contributed by atoms with Gasteiger partial charge in [0.05, 0.1) is 4.92 Å². The number of amides is 1. The number of benzene rings is 1. The van der Waals surface area contributed by atoms with E-state index in [0.717, 1.165) is 18.7 Å². The van der Waals surface area contributed by atoms with Crippen LogP contribution in [0.5, 0.6) is 11.6 Å². The van der Waals surface area contributed by atoms with Crippen molar-refractivity contribution in [2.24, 2.45) is 0 Å². The van der Waals surface area contributed by atoms with Crippen molar-refractivity contribution >= 4 is 17.3 Å². The number of carbonyl (C=O) groups excluding carboxylic acids is 1. The van der Waals surface area contributed by atoms with Crippen molar-refractivity contribution in [2.75, 3.05) is 18.4 Å². The molecule has 0 aliphatic carbocycles. The Hall–Kier alpha value is -3.26. The highest BCUT2D eigenvalue weighted by molar-refractivity contribution is 5.98. The highest BCUT2D eigenvalue weighted by Gasteiger charge is 2.20. The smallest absolute Gasteiger partial charge is 0.331 e. The van der Waals surface area contributed by atoms with Gasteiger partial charge in [-0.2, -0.15) is 0 Å². The summed E-state index contributed by atoms with van der Waals surface area (Å²) in [4.78, 5) is 28.7. The molecule has 28 heavy (non-hydrogen) atoms. The fraction of sp³-hybridized carbons (Fsp3) is 0.300. The van der Waals surface area contributed by atoms with Crippen molar-refractivity contribution in [3.05, 3.63) is 64.4 Å². The van der Waals surface area contributed by atoms with E-state index in [-0.39, 0.29) is 17.5 Å². The zero-order valence-electron chi connectivity index (χ0n) is 16.3. The molecule has 1 N–H and O–H groups in total. The molecule has 0 aliphatic rings. The van der Waals surface area contributed by atoms with E-state index in [4.69, 9.17) is 4.74 Å². The molecular formula is C20H24N4O4. The number of rotatable bonds is 9. The van der Waals surface area contributed by atoms with Crippen LogP contribution >= 0.6 is 0 Å². The summed E-state index contributed by atoms with van der Waals surface area (Å²) in [7, 11) is 0. The zero-order chi connectivity index (χ0) is 20.7. The summed E-state index contributed by atoms with van der Waals surface area (Å²) in [5.74, 6) is 0.0560. The second kappa shape index (κ2) is 9.61. The monoisotopic (exact) mass is 384 g/mol. The number of pyridine rings is 1. The van der Waals surface area contributed by atoms with Gasteiger partial charge in [0.2, 0.25) is 5.91 Å². The van der Waals surface area contributed by atoms with Crippen LogP contribution in [0.1, 0.15) is 25.0 Å². The van der Waals surface area contributed by atoms with Crippen molar-refractivity contribution < 1.29 is 14.5 Å². The third-order valence-corrected chi connectivity index (χ3v) is 4.17. The third kappa shape index (κ3) is 5.37. The largest absolute Gasteiger partial charge is 0.433 e. The van der Waals surface area contributed by atoms with Gasteiger partial charge in [-0.25, -0.2) is 4.98 Å². The van der Waals surface area contributed by atoms with Crippen molar-refractivity contribution in [1.82, 2.24) is 9.88 Å². The molecule has 0 saturated carbocycles. The van der Waals surface area contributed by atoms with Crippen LogP contribution in [0.3, 0.4) is 0 Å². The minimum absolute atomic E-state index is 0.0701. The lowest BCUT2D eigenvalue weighted by Gasteiger charge is -2.20. The highest BCUT2D eigenvalue weighted by atomic mass is 16.6. The fourth-order valence-electron chi connectivity index (χ4n) is 2.62. The van der Waals surface area contributed by atoms with Crippen molar-refractivity contribution in [1.29, 1.82) is 0 Å². The first-order valence-electron chi connectivity index (χ1n) is 8.95. The number of nitrogens with one attached hydrogen (secondary N) is 1. The number of hydrogen-bond acceptors (Lipinski definition) is 6. The Labute approximate surface area is 164 Å². The topological polar surface area (TPSA) is 97.6 Å². The van der Waals surface area contributed by atoms with E-state index in [0.29, 0.717) is 23.5 Å². The van der Waals surface area contributed by atoms with E-state index in [1.165, 1.54) is 18.3 Å². The molecule has 0 radical (unpaired) electrons. The number of carbonyl (C=O) groups is 1. The third-order valence-electron chi connectivity index (χ3n) is 4.17. The predicted octanol–water partition coefficient (Wildman–Crippen LogP) is 4.06. The number of hydrogen-bond donors (Lipinski definition) is 1. The average Bonchev–Trinajstić information content (AvgIpc) is 2.68. The molecule has 0 fully saturated rings. The summed E-state index contributed by atoms with van der Waals surface area (Å²) >= 11 is 0. The first-order valence-corrected chi connectivity index (χ1v) is 8.95. The predicted molar refractivity (Wildman–Crippen MR) is 108 cm³/mol. The van der Waals surface area contributed by atoms with Gasteiger partial charge in [-0.15, -0.1) is 0 Å². The van der Waals surface area contributed by atoms with Gasteiger partial charge in [-0.1, -0.05) is 20.4 Å². The van der Waals surface area contributed by atoms with Crippen molar-refractivity contribution in [3.8, 4) is 11.6 Å². The van der Waals surface area contributed by atoms with Gasteiger partial charge in [0.25, 0.3) is 5.88 Å². The summed E-state index contributed by atoms with van der Waals surface area (Å²) in [6, 6.07) is 6.55. The van der Waals surface area contributed by atoms with Gasteiger partial charge in [-0.05, 0) is 49.9 Å². The van der Waals surface area contributed by atoms with Crippen LogP contribution in [0.25, 0.3) is 0 Å². The summed E-state index contributed by atoms with van der Waals surface area (Å²) < 4.78 is 5.82. The quantitative estimate of drug-likeness (QED) is 0.398. The molecule has 2 rings (SSSR count). The van der Waals surface area contributed by atoms with Crippen molar-refractivity contribution in [3.63, 3.8) is 0 Å². The second-order valence-corrected chi connectivity index (χ2v) is 6.17. The molecule has 0 bridgehead atoms. The van der Waals surface area contributed by atoms with Crippen LogP contribution in [-0.2, 0) is 11.3 Å². The lowest BCUT2D eigenvalue weighted by atomic mass is 10.1. The van der Waals surface area contributed by atoms with Gasteiger partial charge in [0.15, 0.2) is 0 Å². The van der Waals surface area contributed by atoms with E-state index in [2.05, 4.69) is 21.8 Å². The maximum Gasteiger partial charge on any atom is 0.331 e. The SMILES string of the molecule is C=CC(=O)Nc1ccc(Oc2ncc(C)cc2[N+](=O)[O-])c(CN(CC)CC)c1. The number of nitro groups is 1. The summed E-state index contributed by atoms with van der Waals surface area (Å²) in [5.41, 5.74) is 1.84. The molecule has 0 aliphatic heterocycles. The number of nitrogens with zero attached hydrogens (tertiary/aromatic N) is 3. The van der Waals surface area contributed by atoms with Crippen LogP contribution in [0.15, 0.2) is 43.1 Å². The molecule has 1 amide bonds. The Morgan fingerprint density at radius 3 is 2.68 bits per heavy atom. The summed E-state index contributed by atoms with van der Waals surface area (Å²) in [6.45, 7) is 11.5. The van der Waals surface area contributed by atoms with Gasteiger partial charge < -0.3 is 10.1 Å². The van der Waals surface area contributed by atoms with E-state index < -0.39 is 4.92 Å². The maximum absolute atomic E-state index is 11.6. The van der Waals surface area contributed by atoms with Gasteiger partial charge >= 0.3 is 5.69 Å². The standard InChI is InChI=1S/C20H24N4O4/c1-5-19(25)22-16-8-9-18(15(11-16)13-23(6-2)7-3)28-20-17(24(26)27)10-14(4)12-21-20/h5,8-12H,1,6-7,13H2,2-4H3,(H,22,25). The van der Waals surface area contributed by atoms with Crippen LogP contribution in [0, 0.1) is 17.0 Å². The molecule has 2 aromatic rings. The number of aromatic nitrogens is 1. The normalized spacial score (nSPS) is 10.6. The van der Waals surface area contributed by atoms with E-state index >= 15 is 0 Å². The molecule has 148 valence electrons. The number of ether oxygens (including phenoxy) is 1. The molecule has 1 aromatic heterocycles. The van der Waals surface area contributed by atoms with Gasteiger partial charge in [0.1, 0.15) is 5.75 Å².